The molecule has 2 aliphatic rings. The molecule has 3 heterocycles. The number of nitrogens with one attached hydrogen (secondary N) is 1. The molecule has 2 aliphatic heterocycles. The second-order valence-electron chi connectivity index (χ2n) is 6.39. The highest BCUT2D eigenvalue weighted by Gasteiger charge is 2.35. The van der Waals surface area contributed by atoms with Crippen molar-refractivity contribution in [2.45, 2.75) is 18.4 Å². The Morgan fingerprint density at radius 3 is 2.96 bits per heavy atom. The van der Waals surface area contributed by atoms with Gasteiger partial charge in [0.05, 0.1) is 6.61 Å². The summed E-state index contributed by atoms with van der Waals surface area (Å²) in [5.41, 5.74) is 1.78. The average molecular weight is 356 g/mol. The van der Waals surface area contributed by atoms with Crippen molar-refractivity contribution in [3.63, 3.8) is 0 Å². The molecule has 130 valence electrons. The van der Waals surface area contributed by atoms with Gasteiger partial charge in [0.2, 0.25) is 5.91 Å². The van der Waals surface area contributed by atoms with Crippen LogP contribution in [0.5, 0.6) is 0 Å². The summed E-state index contributed by atoms with van der Waals surface area (Å²) in [6, 6.07) is 11.0. The van der Waals surface area contributed by atoms with E-state index in [-0.39, 0.29) is 11.8 Å². The number of amides is 2. The summed E-state index contributed by atoms with van der Waals surface area (Å²) in [7, 11) is 0. The summed E-state index contributed by atoms with van der Waals surface area (Å²) in [4.78, 5) is 28.1. The molecule has 2 unspecified atom stereocenters. The highest BCUT2D eigenvalue weighted by atomic mass is 32.1. The lowest BCUT2D eigenvalue weighted by Gasteiger charge is -2.34. The normalized spacial score (nSPS) is 23.5. The Balaban J connectivity index is 1.62. The third-order valence-electron chi connectivity index (χ3n) is 4.82. The number of benzene rings is 1. The Morgan fingerprint density at radius 1 is 1.28 bits per heavy atom. The van der Waals surface area contributed by atoms with Crippen molar-refractivity contribution in [2.24, 2.45) is 0 Å². The number of carbonyl (C=O) groups is 2. The van der Waals surface area contributed by atoms with E-state index in [2.05, 4.69) is 11.4 Å². The Bertz CT molecular complexity index is 769. The Labute approximate surface area is 150 Å². The van der Waals surface area contributed by atoms with Crippen molar-refractivity contribution in [3.05, 3.63) is 57.8 Å². The van der Waals surface area contributed by atoms with Gasteiger partial charge in [-0.2, -0.15) is 0 Å². The first-order chi connectivity index (χ1) is 12.2. The van der Waals surface area contributed by atoms with Crippen LogP contribution in [0.3, 0.4) is 0 Å². The minimum atomic E-state index is -0.542. The Morgan fingerprint density at radius 2 is 2.20 bits per heavy atom. The van der Waals surface area contributed by atoms with Crippen molar-refractivity contribution in [2.75, 3.05) is 26.3 Å². The zero-order valence-electron chi connectivity index (χ0n) is 13.8. The van der Waals surface area contributed by atoms with Crippen LogP contribution >= 0.6 is 11.3 Å². The summed E-state index contributed by atoms with van der Waals surface area (Å²) in [6.07, 6.45) is 0.988. The van der Waals surface area contributed by atoms with Gasteiger partial charge in [0, 0.05) is 36.1 Å². The number of hydrogen-bond acceptors (Lipinski definition) is 4. The summed E-state index contributed by atoms with van der Waals surface area (Å²) < 4.78 is 5.46. The molecule has 0 bridgehead atoms. The molecular formula is C19H20N2O3S. The van der Waals surface area contributed by atoms with E-state index < -0.39 is 6.04 Å². The second kappa shape index (κ2) is 6.98. The lowest BCUT2D eigenvalue weighted by molar-refractivity contribution is -0.127. The highest BCUT2D eigenvalue weighted by molar-refractivity contribution is 7.10. The molecule has 0 aliphatic carbocycles. The van der Waals surface area contributed by atoms with E-state index in [1.807, 2.05) is 35.7 Å². The first-order valence-electron chi connectivity index (χ1n) is 8.54. The third kappa shape index (κ3) is 3.19. The van der Waals surface area contributed by atoms with Crippen LogP contribution in [0, 0.1) is 0 Å². The minimum absolute atomic E-state index is 0.0889. The molecule has 2 saturated heterocycles. The van der Waals surface area contributed by atoms with Gasteiger partial charge in [-0.3, -0.25) is 9.59 Å². The number of carbonyl (C=O) groups excluding carboxylic acids is 2. The van der Waals surface area contributed by atoms with Crippen LogP contribution < -0.4 is 5.32 Å². The van der Waals surface area contributed by atoms with Gasteiger partial charge in [0.25, 0.3) is 5.91 Å². The fourth-order valence-electron chi connectivity index (χ4n) is 3.50. The van der Waals surface area contributed by atoms with Gasteiger partial charge in [-0.05, 0) is 35.6 Å². The van der Waals surface area contributed by atoms with Crippen molar-refractivity contribution in [1.29, 1.82) is 0 Å². The molecule has 2 amide bonds. The number of thiophene rings is 1. The van der Waals surface area contributed by atoms with Gasteiger partial charge in [-0.15, -0.1) is 11.3 Å². The largest absolute Gasteiger partial charge is 0.381 e. The molecule has 25 heavy (non-hydrogen) atoms. The second-order valence-corrected chi connectivity index (χ2v) is 7.37. The predicted octanol–water partition coefficient (Wildman–Crippen LogP) is 2.57. The molecule has 2 atom stereocenters. The third-order valence-corrected chi connectivity index (χ3v) is 5.74. The maximum Gasteiger partial charge on any atom is 0.254 e. The van der Waals surface area contributed by atoms with Crippen LogP contribution in [0.25, 0.3) is 0 Å². The monoisotopic (exact) mass is 356 g/mol. The van der Waals surface area contributed by atoms with Gasteiger partial charge in [0.1, 0.15) is 6.04 Å². The smallest absolute Gasteiger partial charge is 0.254 e. The fraction of sp³-hybridized carbons (Fsp3) is 0.368. The number of nitrogens with zero attached hydrogens (tertiary/aromatic N) is 1. The summed E-state index contributed by atoms with van der Waals surface area (Å²) in [5, 5.41) is 4.80. The molecule has 0 radical (unpaired) electrons. The van der Waals surface area contributed by atoms with E-state index in [9.17, 15) is 9.59 Å². The van der Waals surface area contributed by atoms with Gasteiger partial charge in [-0.1, -0.05) is 18.2 Å². The van der Waals surface area contributed by atoms with Crippen LogP contribution in [-0.4, -0.2) is 43.0 Å². The molecule has 0 saturated carbocycles. The molecule has 1 N–H and O–H groups in total. The quantitative estimate of drug-likeness (QED) is 0.920. The minimum Gasteiger partial charge on any atom is -0.381 e. The number of hydrogen-bond donors (Lipinski definition) is 1. The van der Waals surface area contributed by atoms with Crippen molar-refractivity contribution >= 4 is 23.2 Å². The van der Waals surface area contributed by atoms with Crippen LogP contribution in [0.1, 0.15) is 39.2 Å². The molecule has 4 rings (SSSR count). The highest BCUT2D eigenvalue weighted by Crippen LogP contribution is 2.30. The standard InChI is InChI=1S/C19H20N2O3S/c22-18-17(16-5-2-10-25-16)21(8-7-20-18)19(23)14-4-1-3-13(11-14)15-6-9-24-12-15/h1-5,10-11,15,17H,6-9,12H2,(H,20,22). The fourth-order valence-corrected chi connectivity index (χ4v) is 4.34. The molecule has 2 aromatic rings. The van der Waals surface area contributed by atoms with Gasteiger partial charge < -0.3 is 15.0 Å². The van der Waals surface area contributed by atoms with E-state index in [0.717, 1.165) is 23.5 Å². The number of piperazine rings is 1. The van der Waals surface area contributed by atoms with E-state index in [1.165, 1.54) is 11.3 Å². The van der Waals surface area contributed by atoms with Gasteiger partial charge >= 0.3 is 0 Å². The number of ether oxygens (including phenoxy) is 1. The molecular weight excluding hydrogens is 336 g/mol. The van der Waals surface area contributed by atoms with E-state index >= 15 is 0 Å². The van der Waals surface area contributed by atoms with Crippen molar-refractivity contribution in [1.82, 2.24) is 10.2 Å². The summed E-state index contributed by atoms with van der Waals surface area (Å²) >= 11 is 1.50. The zero-order chi connectivity index (χ0) is 17.2. The summed E-state index contributed by atoms with van der Waals surface area (Å²) in [5.74, 6) is 0.155. The lowest BCUT2D eigenvalue weighted by atomic mass is 9.96. The van der Waals surface area contributed by atoms with Crippen LogP contribution in [0.4, 0.5) is 0 Å². The topological polar surface area (TPSA) is 58.6 Å². The molecule has 6 heteroatoms. The van der Waals surface area contributed by atoms with E-state index in [0.29, 0.717) is 31.2 Å². The van der Waals surface area contributed by atoms with Gasteiger partial charge in [-0.25, -0.2) is 0 Å². The molecule has 5 nitrogen and oxygen atoms in total. The maximum absolute atomic E-state index is 13.1. The van der Waals surface area contributed by atoms with Crippen molar-refractivity contribution < 1.29 is 14.3 Å². The molecule has 1 aromatic carbocycles. The van der Waals surface area contributed by atoms with Crippen LogP contribution in [0.15, 0.2) is 41.8 Å². The first kappa shape index (κ1) is 16.3. The van der Waals surface area contributed by atoms with Gasteiger partial charge in [0.15, 0.2) is 0 Å². The lowest BCUT2D eigenvalue weighted by Crippen LogP contribution is -2.51. The average Bonchev–Trinajstić information content (AvgIpc) is 3.35. The van der Waals surface area contributed by atoms with Crippen LogP contribution in [-0.2, 0) is 9.53 Å². The first-order valence-corrected chi connectivity index (χ1v) is 9.42. The number of rotatable bonds is 3. The molecule has 2 fully saturated rings. The predicted molar refractivity (Wildman–Crippen MR) is 95.7 cm³/mol. The maximum atomic E-state index is 13.1. The SMILES string of the molecule is O=C1NCCN(C(=O)c2cccc(C3CCOC3)c2)C1c1cccs1. The van der Waals surface area contributed by atoms with E-state index in [1.54, 1.807) is 4.90 Å². The van der Waals surface area contributed by atoms with Crippen molar-refractivity contribution in [3.8, 4) is 0 Å². The summed E-state index contributed by atoms with van der Waals surface area (Å²) in [6.45, 7) is 2.49. The van der Waals surface area contributed by atoms with E-state index in [4.69, 9.17) is 4.74 Å². The zero-order valence-corrected chi connectivity index (χ0v) is 14.6. The Hall–Kier alpha value is -2.18. The molecule has 1 aromatic heterocycles. The molecule has 0 spiro atoms. The van der Waals surface area contributed by atoms with Crippen LogP contribution in [0.2, 0.25) is 0 Å². The Kier molecular flexibility index (Phi) is 4.55.